The van der Waals surface area contributed by atoms with Crippen LogP contribution in [0.25, 0.3) is 0 Å². The minimum atomic E-state index is -0.733. The van der Waals surface area contributed by atoms with Crippen molar-refractivity contribution in [2.45, 2.75) is 32.6 Å². The van der Waals surface area contributed by atoms with Crippen LogP contribution in [0.1, 0.15) is 32.6 Å². The van der Waals surface area contributed by atoms with Crippen molar-refractivity contribution >= 4 is 12.0 Å². The molecule has 0 spiro atoms. The molecule has 2 saturated heterocycles. The van der Waals surface area contributed by atoms with E-state index in [0.717, 1.165) is 19.6 Å². The largest absolute Gasteiger partial charge is 0.481 e. The summed E-state index contributed by atoms with van der Waals surface area (Å²) in [6.07, 6.45) is 2.70. The van der Waals surface area contributed by atoms with Gasteiger partial charge >= 0.3 is 12.0 Å². The number of likely N-dealkylation sites (tertiary alicyclic amines) is 1. The van der Waals surface area contributed by atoms with Crippen LogP contribution in [0.15, 0.2) is 0 Å². The van der Waals surface area contributed by atoms with E-state index in [2.05, 4.69) is 5.32 Å². The average molecular weight is 284 g/mol. The van der Waals surface area contributed by atoms with Crippen LogP contribution in [0.3, 0.4) is 0 Å². The number of ether oxygens (including phenoxy) is 1. The van der Waals surface area contributed by atoms with Crippen molar-refractivity contribution in [1.82, 2.24) is 10.2 Å². The molecule has 2 fully saturated rings. The van der Waals surface area contributed by atoms with Crippen LogP contribution >= 0.6 is 0 Å². The molecule has 6 nitrogen and oxygen atoms in total. The number of rotatable bonds is 4. The number of amides is 2. The first-order valence-electron chi connectivity index (χ1n) is 7.41. The van der Waals surface area contributed by atoms with Crippen LogP contribution in [-0.4, -0.2) is 54.9 Å². The summed E-state index contributed by atoms with van der Waals surface area (Å²) in [6.45, 7) is 5.09. The Morgan fingerprint density at radius 3 is 2.60 bits per heavy atom. The number of hydrogen-bond donors (Lipinski definition) is 2. The Balaban J connectivity index is 1.77. The molecule has 2 rings (SSSR count). The van der Waals surface area contributed by atoms with E-state index in [-0.39, 0.29) is 6.03 Å². The quantitative estimate of drug-likeness (QED) is 0.816. The van der Waals surface area contributed by atoms with Gasteiger partial charge in [-0.25, -0.2) is 4.79 Å². The Kier molecular flexibility index (Phi) is 4.86. The summed E-state index contributed by atoms with van der Waals surface area (Å²) in [5.41, 5.74) is -0.643. The molecule has 0 aromatic carbocycles. The predicted octanol–water partition coefficient (Wildman–Crippen LogP) is 1.31. The van der Waals surface area contributed by atoms with Crippen molar-refractivity contribution in [2.24, 2.45) is 11.3 Å². The van der Waals surface area contributed by atoms with Gasteiger partial charge in [-0.1, -0.05) is 6.92 Å². The zero-order chi connectivity index (χ0) is 14.6. The number of hydrogen-bond acceptors (Lipinski definition) is 3. The zero-order valence-electron chi connectivity index (χ0n) is 12.1. The molecule has 114 valence electrons. The molecule has 2 amide bonds. The van der Waals surface area contributed by atoms with Crippen molar-refractivity contribution in [2.75, 3.05) is 32.8 Å². The first-order chi connectivity index (χ1) is 9.57. The highest BCUT2D eigenvalue weighted by molar-refractivity contribution is 5.77. The summed E-state index contributed by atoms with van der Waals surface area (Å²) in [6, 6.07) is -0.0769. The van der Waals surface area contributed by atoms with E-state index in [1.807, 2.05) is 6.92 Å². The minimum absolute atomic E-state index is 0.0769. The lowest BCUT2D eigenvalue weighted by Gasteiger charge is -2.38. The lowest BCUT2D eigenvalue weighted by molar-refractivity contribution is -0.151. The van der Waals surface area contributed by atoms with Crippen molar-refractivity contribution in [1.29, 1.82) is 0 Å². The van der Waals surface area contributed by atoms with E-state index in [4.69, 9.17) is 4.74 Å². The number of aliphatic carboxylic acids is 1. The van der Waals surface area contributed by atoms with Crippen LogP contribution in [0, 0.1) is 11.3 Å². The lowest BCUT2D eigenvalue weighted by atomic mass is 9.76. The van der Waals surface area contributed by atoms with Crippen LogP contribution < -0.4 is 5.32 Å². The molecule has 2 N–H and O–H groups in total. The van der Waals surface area contributed by atoms with Crippen molar-refractivity contribution < 1.29 is 19.4 Å². The van der Waals surface area contributed by atoms with Crippen molar-refractivity contribution in [3.05, 3.63) is 0 Å². The van der Waals surface area contributed by atoms with Crippen LogP contribution in [0.4, 0.5) is 4.79 Å². The molecule has 0 aromatic heterocycles. The summed E-state index contributed by atoms with van der Waals surface area (Å²) >= 11 is 0. The number of urea groups is 1. The van der Waals surface area contributed by atoms with E-state index in [0.29, 0.717) is 44.8 Å². The average Bonchev–Trinajstić information content (AvgIpc) is 2.98. The molecule has 1 unspecified atom stereocenters. The molecule has 6 heteroatoms. The van der Waals surface area contributed by atoms with Crippen molar-refractivity contribution in [3.63, 3.8) is 0 Å². The maximum atomic E-state index is 12.1. The fraction of sp³-hybridized carbons (Fsp3) is 0.857. The third-order valence-corrected chi connectivity index (χ3v) is 4.70. The van der Waals surface area contributed by atoms with Gasteiger partial charge in [0.05, 0.1) is 12.0 Å². The second kappa shape index (κ2) is 6.43. The molecule has 2 aliphatic heterocycles. The third-order valence-electron chi connectivity index (χ3n) is 4.70. The topological polar surface area (TPSA) is 78.9 Å². The van der Waals surface area contributed by atoms with Gasteiger partial charge in [0, 0.05) is 32.2 Å². The van der Waals surface area contributed by atoms with Gasteiger partial charge in [0.15, 0.2) is 0 Å². The predicted molar refractivity (Wildman–Crippen MR) is 73.5 cm³/mol. The lowest BCUT2D eigenvalue weighted by Crippen LogP contribution is -2.50. The van der Waals surface area contributed by atoms with E-state index < -0.39 is 11.4 Å². The fourth-order valence-corrected chi connectivity index (χ4v) is 2.94. The van der Waals surface area contributed by atoms with Gasteiger partial charge in [0.1, 0.15) is 0 Å². The van der Waals surface area contributed by atoms with Gasteiger partial charge in [-0.15, -0.1) is 0 Å². The molecule has 0 bridgehead atoms. The number of carbonyl (C=O) groups excluding carboxylic acids is 1. The number of carboxylic acids is 1. The van der Waals surface area contributed by atoms with Gasteiger partial charge in [-0.2, -0.15) is 0 Å². The van der Waals surface area contributed by atoms with Gasteiger partial charge in [0.25, 0.3) is 0 Å². The second-order valence-corrected chi connectivity index (χ2v) is 5.84. The number of nitrogens with one attached hydrogen (secondary N) is 1. The second-order valence-electron chi connectivity index (χ2n) is 5.84. The zero-order valence-corrected chi connectivity index (χ0v) is 12.1. The molecule has 0 radical (unpaired) electrons. The molecule has 2 aliphatic rings. The molecule has 20 heavy (non-hydrogen) atoms. The maximum Gasteiger partial charge on any atom is 0.317 e. The Morgan fingerprint density at radius 2 is 2.10 bits per heavy atom. The Hall–Kier alpha value is -1.30. The highest BCUT2D eigenvalue weighted by Crippen LogP contribution is 2.35. The molecule has 0 saturated carbocycles. The van der Waals surface area contributed by atoms with Crippen molar-refractivity contribution in [3.8, 4) is 0 Å². The monoisotopic (exact) mass is 284 g/mol. The van der Waals surface area contributed by atoms with E-state index in [1.165, 1.54) is 0 Å². The van der Waals surface area contributed by atoms with Crippen LogP contribution in [0.5, 0.6) is 0 Å². The highest BCUT2D eigenvalue weighted by Gasteiger charge is 2.40. The summed E-state index contributed by atoms with van der Waals surface area (Å²) in [5, 5.41) is 12.3. The number of carboxylic acid groups (broad SMARTS) is 1. The van der Waals surface area contributed by atoms with Gasteiger partial charge in [-0.3, -0.25) is 4.79 Å². The molecular weight excluding hydrogens is 260 g/mol. The molecule has 2 heterocycles. The number of carbonyl (C=O) groups is 2. The summed E-state index contributed by atoms with van der Waals surface area (Å²) in [7, 11) is 0. The molecule has 0 aromatic rings. The Bertz CT molecular complexity index is 358. The van der Waals surface area contributed by atoms with Gasteiger partial charge in [-0.05, 0) is 25.7 Å². The normalized spacial score (nSPS) is 25.4. The Morgan fingerprint density at radius 1 is 1.40 bits per heavy atom. The van der Waals surface area contributed by atoms with Crippen LogP contribution in [0.2, 0.25) is 0 Å². The summed E-state index contributed by atoms with van der Waals surface area (Å²) in [4.78, 5) is 25.1. The maximum absolute atomic E-state index is 12.1. The van der Waals surface area contributed by atoms with E-state index in [1.54, 1.807) is 4.90 Å². The first kappa shape index (κ1) is 15.1. The Labute approximate surface area is 119 Å². The smallest absolute Gasteiger partial charge is 0.317 e. The summed E-state index contributed by atoms with van der Waals surface area (Å²) in [5.74, 6) is -0.319. The highest BCUT2D eigenvalue weighted by atomic mass is 16.5. The van der Waals surface area contributed by atoms with E-state index >= 15 is 0 Å². The summed E-state index contributed by atoms with van der Waals surface area (Å²) < 4.78 is 5.27. The molecular formula is C14H24N2O4. The van der Waals surface area contributed by atoms with Crippen LogP contribution in [-0.2, 0) is 9.53 Å². The number of piperidine rings is 1. The SMILES string of the molecule is CCC1(C(=O)O)CCN(C(=O)NCC2CCOC2)CC1. The molecule has 1 atom stereocenters. The first-order valence-corrected chi connectivity index (χ1v) is 7.41. The number of nitrogens with zero attached hydrogens (tertiary/aromatic N) is 1. The standard InChI is InChI=1S/C14H24N2O4/c1-2-14(12(17)18)4-6-16(7-5-14)13(19)15-9-11-3-8-20-10-11/h11H,2-10H2,1H3,(H,15,19)(H,17,18). The van der Waals surface area contributed by atoms with E-state index in [9.17, 15) is 14.7 Å². The third kappa shape index (κ3) is 3.23. The minimum Gasteiger partial charge on any atom is -0.481 e. The fourth-order valence-electron chi connectivity index (χ4n) is 2.94. The van der Waals surface area contributed by atoms with Gasteiger partial charge in [0.2, 0.25) is 0 Å². The molecule has 0 aliphatic carbocycles. The van der Waals surface area contributed by atoms with Gasteiger partial charge < -0.3 is 20.1 Å².